The highest BCUT2D eigenvalue weighted by Gasteiger charge is 2.33. The lowest BCUT2D eigenvalue weighted by Gasteiger charge is -2.35. The largest absolute Gasteiger partial charge is 0.370 e. The first-order valence-electron chi connectivity index (χ1n) is 5.77. The van der Waals surface area contributed by atoms with Crippen LogP contribution in [0.3, 0.4) is 0 Å². The summed E-state index contributed by atoms with van der Waals surface area (Å²) in [7, 11) is 1.79. The summed E-state index contributed by atoms with van der Waals surface area (Å²) in [5, 5.41) is 2.61. The number of nitrogens with two attached hydrogens (primary N) is 3. The maximum atomic E-state index is 11.8. The Hall–Kier alpha value is -1.83. The molecule has 1 saturated heterocycles. The van der Waals surface area contributed by atoms with Crippen molar-refractivity contribution in [3.05, 3.63) is 0 Å². The Morgan fingerprint density at radius 3 is 2.67 bits per heavy atom. The molecule has 2 amide bonds. The summed E-state index contributed by atoms with van der Waals surface area (Å²) in [6.45, 7) is 0.910. The van der Waals surface area contributed by atoms with E-state index in [1.54, 1.807) is 7.05 Å². The van der Waals surface area contributed by atoms with Gasteiger partial charge in [-0.15, -0.1) is 0 Å². The zero-order chi connectivity index (χ0) is 13.7. The SMILES string of the molecule is CN1CC(C(N)=O)NC(=O)[C@H]1CCCN=C(N)N. The van der Waals surface area contributed by atoms with Gasteiger partial charge in [0.15, 0.2) is 5.96 Å². The molecule has 8 heteroatoms. The molecule has 1 aliphatic heterocycles. The molecule has 1 heterocycles. The second kappa shape index (κ2) is 6.20. The highest BCUT2D eigenvalue weighted by Crippen LogP contribution is 2.11. The van der Waals surface area contributed by atoms with Crippen LogP contribution < -0.4 is 22.5 Å². The average molecular weight is 256 g/mol. The molecule has 102 valence electrons. The molecular weight excluding hydrogens is 236 g/mol. The molecule has 7 N–H and O–H groups in total. The predicted molar refractivity (Wildman–Crippen MR) is 67.5 cm³/mol. The third kappa shape index (κ3) is 3.88. The number of piperazine rings is 1. The number of hydrogen-bond acceptors (Lipinski definition) is 4. The van der Waals surface area contributed by atoms with Gasteiger partial charge in [0.1, 0.15) is 6.04 Å². The van der Waals surface area contributed by atoms with E-state index in [9.17, 15) is 9.59 Å². The van der Waals surface area contributed by atoms with Gasteiger partial charge in [0.25, 0.3) is 0 Å². The molecular formula is C10H20N6O2. The minimum Gasteiger partial charge on any atom is -0.370 e. The van der Waals surface area contributed by atoms with Gasteiger partial charge in [-0.3, -0.25) is 19.5 Å². The van der Waals surface area contributed by atoms with Crippen LogP contribution in [-0.2, 0) is 9.59 Å². The maximum Gasteiger partial charge on any atom is 0.241 e. The molecule has 0 aromatic carbocycles. The summed E-state index contributed by atoms with van der Waals surface area (Å²) in [5.41, 5.74) is 15.6. The van der Waals surface area contributed by atoms with Crippen LogP contribution in [0.1, 0.15) is 12.8 Å². The van der Waals surface area contributed by atoms with Gasteiger partial charge in [0, 0.05) is 13.1 Å². The van der Waals surface area contributed by atoms with Crippen LogP contribution in [0.2, 0.25) is 0 Å². The van der Waals surface area contributed by atoms with Gasteiger partial charge in [-0.05, 0) is 19.9 Å². The molecule has 1 fully saturated rings. The van der Waals surface area contributed by atoms with Crippen molar-refractivity contribution in [2.24, 2.45) is 22.2 Å². The van der Waals surface area contributed by atoms with E-state index < -0.39 is 11.9 Å². The Balaban J connectivity index is 2.45. The number of guanidine groups is 1. The molecule has 0 spiro atoms. The fourth-order valence-corrected chi connectivity index (χ4v) is 1.93. The van der Waals surface area contributed by atoms with E-state index in [1.165, 1.54) is 0 Å². The highest BCUT2D eigenvalue weighted by molar-refractivity contribution is 5.90. The second-order valence-corrected chi connectivity index (χ2v) is 4.37. The van der Waals surface area contributed by atoms with E-state index in [2.05, 4.69) is 10.3 Å². The summed E-state index contributed by atoms with van der Waals surface area (Å²) in [4.78, 5) is 28.5. The van der Waals surface area contributed by atoms with Crippen molar-refractivity contribution in [2.75, 3.05) is 20.1 Å². The Kier molecular flexibility index (Phi) is 4.90. The number of carbonyl (C=O) groups excluding carboxylic acids is 2. The van der Waals surface area contributed by atoms with E-state index in [0.29, 0.717) is 25.9 Å². The van der Waals surface area contributed by atoms with Crippen molar-refractivity contribution in [3.8, 4) is 0 Å². The zero-order valence-corrected chi connectivity index (χ0v) is 10.4. The summed E-state index contributed by atoms with van der Waals surface area (Å²) in [6, 6.07) is -0.883. The average Bonchev–Trinajstić information content (AvgIpc) is 2.26. The molecule has 0 aliphatic carbocycles. The lowest BCUT2D eigenvalue weighted by Crippen LogP contribution is -2.62. The first-order chi connectivity index (χ1) is 8.41. The molecule has 8 nitrogen and oxygen atoms in total. The van der Waals surface area contributed by atoms with Crippen molar-refractivity contribution >= 4 is 17.8 Å². The first-order valence-corrected chi connectivity index (χ1v) is 5.77. The molecule has 2 atom stereocenters. The summed E-state index contributed by atoms with van der Waals surface area (Å²) < 4.78 is 0. The Morgan fingerprint density at radius 2 is 2.17 bits per heavy atom. The highest BCUT2D eigenvalue weighted by atomic mass is 16.2. The third-order valence-corrected chi connectivity index (χ3v) is 2.90. The topological polar surface area (TPSA) is 140 Å². The molecule has 1 unspecified atom stereocenters. The lowest BCUT2D eigenvalue weighted by molar-refractivity contribution is -0.135. The van der Waals surface area contributed by atoms with Crippen molar-refractivity contribution < 1.29 is 9.59 Å². The van der Waals surface area contributed by atoms with E-state index in [-0.39, 0.29) is 17.9 Å². The van der Waals surface area contributed by atoms with Gasteiger partial charge < -0.3 is 22.5 Å². The lowest BCUT2D eigenvalue weighted by atomic mass is 10.0. The molecule has 0 radical (unpaired) electrons. The Labute approximate surface area is 106 Å². The van der Waals surface area contributed by atoms with Crippen LogP contribution in [0.25, 0.3) is 0 Å². The number of likely N-dealkylation sites (N-methyl/N-ethyl adjacent to an activating group) is 1. The van der Waals surface area contributed by atoms with Crippen molar-refractivity contribution in [3.63, 3.8) is 0 Å². The monoisotopic (exact) mass is 256 g/mol. The van der Waals surface area contributed by atoms with Crippen molar-refractivity contribution in [1.29, 1.82) is 0 Å². The number of nitrogens with zero attached hydrogens (tertiary/aromatic N) is 2. The standard InChI is InChI=1S/C10H20N6O2/c1-16-5-6(8(11)17)15-9(18)7(16)3-2-4-14-10(12)13/h6-7H,2-5H2,1H3,(H2,11,17)(H,15,18)(H4,12,13,14)/t6?,7-/m1/s1. The van der Waals surface area contributed by atoms with Gasteiger partial charge in [-0.2, -0.15) is 0 Å². The van der Waals surface area contributed by atoms with Gasteiger partial charge >= 0.3 is 0 Å². The van der Waals surface area contributed by atoms with Crippen LogP contribution in [0.4, 0.5) is 0 Å². The number of nitrogens with one attached hydrogen (secondary N) is 1. The second-order valence-electron chi connectivity index (χ2n) is 4.37. The Bertz CT molecular complexity index is 352. The molecule has 1 aliphatic rings. The van der Waals surface area contributed by atoms with Crippen LogP contribution in [0, 0.1) is 0 Å². The molecule has 0 aromatic heterocycles. The smallest absolute Gasteiger partial charge is 0.241 e. The number of aliphatic imine (C=N–C) groups is 1. The van der Waals surface area contributed by atoms with E-state index in [0.717, 1.165) is 0 Å². The number of amides is 2. The van der Waals surface area contributed by atoms with E-state index in [1.807, 2.05) is 4.90 Å². The summed E-state index contributed by atoms with van der Waals surface area (Å²) in [6.07, 6.45) is 1.33. The Morgan fingerprint density at radius 1 is 1.50 bits per heavy atom. The minimum absolute atomic E-state index is 0.0465. The number of rotatable bonds is 5. The number of primary amides is 1. The van der Waals surface area contributed by atoms with Gasteiger partial charge in [-0.25, -0.2) is 0 Å². The summed E-state index contributed by atoms with van der Waals surface area (Å²) in [5.74, 6) is -0.656. The maximum absolute atomic E-state index is 11.8. The van der Waals surface area contributed by atoms with Crippen molar-refractivity contribution in [2.45, 2.75) is 24.9 Å². The molecule has 18 heavy (non-hydrogen) atoms. The van der Waals surface area contributed by atoms with Crippen LogP contribution in [0.5, 0.6) is 0 Å². The van der Waals surface area contributed by atoms with Gasteiger partial charge in [-0.1, -0.05) is 0 Å². The van der Waals surface area contributed by atoms with E-state index in [4.69, 9.17) is 17.2 Å². The van der Waals surface area contributed by atoms with Crippen LogP contribution in [0.15, 0.2) is 4.99 Å². The number of hydrogen-bond donors (Lipinski definition) is 4. The van der Waals surface area contributed by atoms with Gasteiger partial charge in [0.05, 0.1) is 6.04 Å². The summed E-state index contributed by atoms with van der Waals surface area (Å²) >= 11 is 0. The van der Waals surface area contributed by atoms with E-state index >= 15 is 0 Å². The zero-order valence-electron chi connectivity index (χ0n) is 10.4. The quantitative estimate of drug-likeness (QED) is 0.241. The predicted octanol–water partition coefficient (Wildman–Crippen LogP) is -2.68. The normalized spacial score (nSPS) is 24.4. The molecule has 0 saturated carbocycles. The molecule has 0 aromatic rings. The van der Waals surface area contributed by atoms with Crippen LogP contribution >= 0.6 is 0 Å². The first kappa shape index (κ1) is 14.2. The van der Waals surface area contributed by atoms with Crippen molar-refractivity contribution in [1.82, 2.24) is 10.2 Å². The minimum atomic E-state index is -0.614. The van der Waals surface area contributed by atoms with Gasteiger partial charge in [0.2, 0.25) is 11.8 Å². The fourth-order valence-electron chi connectivity index (χ4n) is 1.93. The number of carbonyl (C=O) groups is 2. The fraction of sp³-hybridized carbons (Fsp3) is 0.700. The third-order valence-electron chi connectivity index (χ3n) is 2.90. The molecule has 1 rings (SSSR count). The van der Waals surface area contributed by atoms with Crippen LogP contribution in [-0.4, -0.2) is 54.9 Å². The molecule has 0 bridgehead atoms.